The number of rotatable bonds is 4. The minimum Gasteiger partial charge on any atom is -0.476 e. The minimum atomic E-state index is 0.124. The maximum atomic E-state index is 8.42. The van der Waals surface area contributed by atoms with Crippen LogP contribution in [-0.4, -0.2) is 27.8 Å². The molecule has 18 heavy (non-hydrogen) atoms. The summed E-state index contributed by atoms with van der Waals surface area (Å²) in [7, 11) is 0. The van der Waals surface area contributed by atoms with Gasteiger partial charge in [0.15, 0.2) is 0 Å². The maximum absolute atomic E-state index is 8.42. The summed E-state index contributed by atoms with van der Waals surface area (Å²) in [4.78, 5) is 0. The molecule has 1 aromatic carbocycles. The summed E-state index contributed by atoms with van der Waals surface area (Å²) in [5.74, 6) is 0.585. The number of benzene rings is 1. The number of nitrogens with zero attached hydrogens (tertiary/aromatic N) is 3. The Balaban J connectivity index is 2.21. The van der Waals surface area contributed by atoms with E-state index in [0.717, 1.165) is 16.5 Å². The summed E-state index contributed by atoms with van der Waals surface area (Å²) in [6.45, 7) is 2.19. The third-order valence-electron chi connectivity index (χ3n) is 2.56. The summed E-state index contributed by atoms with van der Waals surface area (Å²) < 4.78 is 5.50. The Morgan fingerprint density at radius 3 is 2.78 bits per heavy atom. The fourth-order valence-corrected chi connectivity index (χ4v) is 1.62. The Morgan fingerprint density at radius 2 is 2.06 bits per heavy atom. The van der Waals surface area contributed by atoms with E-state index in [1.54, 1.807) is 0 Å². The van der Waals surface area contributed by atoms with Crippen LogP contribution in [0.3, 0.4) is 0 Å². The molecule has 2 rings (SSSR count). The van der Waals surface area contributed by atoms with Crippen LogP contribution in [0.2, 0.25) is 0 Å². The number of nitrogens with two attached hydrogens (primary N) is 1. The molecule has 0 atom stereocenters. The average molecular weight is 246 g/mol. The summed E-state index contributed by atoms with van der Waals surface area (Å²) in [5.41, 5.74) is 6.21. The largest absolute Gasteiger partial charge is 0.476 e. The van der Waals surface area contributed by atoms with Crippen LogP contribution in [-0.2, 0) is 0 Å². The van der Waals surface area contributed by atoms with Crippen molar-refractivity contribution in [3.63, 3.8) is 0 Å². The molecule has 0 aliphatic heterocycles. The first-order chi connectivity index (χ1) is 8.72. The number of aryl methyl sites for hydroxylation is 1. The highest BCUT2D eigenvalue weighted by molar-refractivity contribution is 5.88. The smallest absolute Gasteiger partial charge is 0.241 e. The molecule has 6 nitrogen and oxygen atoms in total. The van der Waals surface area contributed by atoms with E-state index in [-0.39, 0.29) is 12.4 Å². The molecule has 0 bridgehead atoms. The van der Waals surface area contributed by atoms with Crippen molar-refractivity contribution in [1.29, 1.82) is 0 Å². The van der Waals surface area contributed by atoms with E-state index in [2.05, 4.69) is 15.4 Å². The van der Waals surface area contributed by atoms with Crippen LogP contribution in [0.25, 0.3) is 10.8 Å². The third kappa shape index (κ3) is 2.48. The minimum absolute atomic E-state index is 0.124. The molecule has 1 heterocycles. The van der Waals surface area contributed by atoms with Gasteiger partial charge in [-0.1, -0.05) is 23.4 Å². The van der Waals surface area contributed by atoms with Crippen molar-refractivity contribution in [2.45, 2.75) is 13.3 Å². The topological polar surface area (TPSA) is 93.6 Å². The van der Waals surface area contributed by atoms with E-state index in [9.17, 15) is 0 Å². The standard InChI is InChI=1S/C12H14N4O2/c1-8-9-4-2-3-5-10(9)12(15-14-8)18-7-6-11(13)16-17/h2-5,17H,6-7H2,1H3,(H2,13,16). The van der Waals surface area contributed by atoms with Gasteiger partial charge in [-0.05, 0) is 13.0 Å². The lowest BCUT2D eigenvalue weighted by molar-refractivity contribution is 0.301. The summed E-state index contributed by atoms with van der Waals surface area (Å²) in [6.07, 6.45) is 0.334. The summed E-state index contributed by atoms with van der Waals surface area (Å²) in [5, 5.41) is 21.3. The van der Waals surface area contributed by atoms with Crippen molar-refractivity contribution >= 4 is 16.6 Å². The molecule has 0 unspecified atom stereocenters. The van der Waals surface area contributed by atoms with E-state index >= 15 is 0 Å². The van der Waals surface area contributed by atoms with Gasteiger partial charge in [0, 0.05) is 17.2 Å². The first kappa shape index (κ1) is 12.1. The Kier molecular flexibility index (Phi) is 3.57. The van der Waals surface area contributed by atoms with Gasteiger partial charge in [-0.15, -0.1) is 5.10 Å². The van der Waals surface area contributed by atoms with Crippen LogP contribution in [0.15, 0.2) is 29.4 Å². The van der Waals surface area contributed by atoms with Crippen molar-refractivity contribution in [3.05, 3.63) is 30.0 Å². The van der Waals surface area contributed by atoms with Crippen LogP contribution < -0.4 is 10.5 Å². The molecule has 94 valence electrons. The SMILES string of the molecule is Cc1nnc(OCC/C(N)=N/O)c2ccccc12. The number of hydrogen-bond acceptors (Lipinski definition) is 5. The highest BCUT2D eigenvalue weighted by Crippen LogP contribution is 2.23. The Morgan fingerprint density at radius 1 is 1.33 bits per heavy atom. The number of amidine groups is 1. The van der Waals surface area contributed by atoms with Crippen LogP contribution in [0, 0.1) is 6.92 Å². The van der Waals surface area contributed by atoms with Crippen molar-refractivity contribution in [2.24, 2.45) is 10.9 Å². The highest BCUT2D eigenvalue weighted by atomic mass is 16.5. The quantitative estimate of drug-likeness (QED) is 0.368. The molecule has 3 N–H and O–H groups in total. The zero-order valence-corrected chi connectivity index (χ0v) is 10.00. The molecule has 0 fully saturated rings. The van der Waals surface area contributed by atoms with Gasteiger partial charge < -0.3 is 15.7 Å². The van der Waals surface area contributed by atoms with E-state index in [1.165, 1.54) is 0 Å². The zero-order valence-electron chi connectivity index (χ0n) is 10.00. The van der Waals surface area contributed by atoms with Gasteiger partial charge in [0.05, 0.1) is 12.3 Å². The van der Waals surface area contributed by atoms with Gasteiger partial charge in [-0.3, -0.25) is 0 Å². The first-order valence-electron chi connectivity index (χ1n) is 5.53. The van der Waals surface area contributed by atoms with Crippen molar-refractivity contribution in [2.75, 3.05) is 6.61 Å². The van der Waals surface area contributed by atoms with Crippen LogP contribution >= 0.6 is 0 Å². The number of aromatic nitrogens is 2. The highest BCUT2D eigenvalue weighted by Gasteiger charge is 2.07. The molecule has 0 saturated heterocycles. The number of ether oxygens (including phenoxy) is 1. The molecular formula is C12H14N4O2. The fraction of sp³-hybridized carbons (Fsp3) is 0.250. The van der Waals surface area contributed by atoms with E-state index in [1.807, 2.05) is 31.2 Å². The molecule has 0 amide bonds. The zero-order chi connectivity index (χ0) is 13.0. The van der Waals surface area contributed by atoms with E-state index in [0.29, 0.717) is 12.3 Å². The van der Waals surface area contributed by atoms with Crippen molar-refractivity contribution in [1.82, 2.24) is 10.2 Å². The molecule has 1 aromatic heterocycles. The molecular weight excluding hydrogens is 232 g/mol. The van der Waals surface area contributed by atoms with Gasteiger partial charge in [-0.25, -0.2) is 0 Å². The molecule has 0 saturated carbocycles. The Bertz CT molecular complexity index is 583. The van der Waals surface area contributed by atoms with Crippen LogP contribution in [0.1, 0.15) is 12.1 Å². The second-order valence-corrected chi connectivity index (χ2v) is 3.83. The first-order valence-corrected chi connectivity index (χ1v) is 5.53. The van der Waals surface area contributed by atoms with E-state index in [4.69, 9.17) is 15.7 Å². The number of hydrogen-bond donors (Lipinski definition) is 2. The normalized spacial score (nSPS) is 11.7. The number of oxime groups is 1. The molecule has 0 radical (unpaired) electrons. The third-order valence-corrected chi connectivity index (χ3v) is 2.56. The summed E-state index contributed by atoms with van der Waals surface area (Å²) in [6, 6.07) is 7.75. The van der Waals surface area contributed by atoms with Gasteiger partial charge in [-0.2, -0.15) is 5.10 Å². The van der Waals surface area contributed by atoms with Crippen molar-refractivity contribution < 1.29 is 9.94 Å². The second-order valence-electron chi connectivity index (χ2n) is 3.83. The molecule has 0 spiro atoms. The monoisotopic (exact) mass is 246 g/mol. The predicted molar refractivity (Wildman–Crippen MR) is 67.8 cm³/mol. The van der Waals surface area contributed by atoms with Gasteiger partial charge in [0.2, 0.25) is 5.88 Å². The van der Waals surface area contributed by atoms with Crippen LogP contribution in [0.4, 0.5) is 0 Å². The maximum Gasteiger partial charge on any atom is 0.241 e. The lowest BCUT2D eigenvalue weighted by Gasteiger charge is -2.08. The van der Waals surface area contributed by atoms with Gasteiger partial charge >= 0.3 is 0 Å². The van der Waals surface area contributed by atoms with Gasteiger partial charge in [0.25, 0.3) is 0 Å². The molecule has 0 aliphatic carbocycles. The molecule has 6 heteroatoms. The van der Waals surface area contributed by atoms with Gasteiger partial charge in [0.1, 0.15) is 5.84 Å². The lowest BCUT2D eigenvalue weighted by Crippen LogP contribution is -2.16. The fourth-order valence-electron chi connectivity index (χ4n) is 1.62. The molecule has 0 aliphatic rings. The molecule has 2 aromatic rings. The van der Waals surface area contributed by atoms with Crippen molar-refractivity contribution in [3.8, 4) is 5.88 Å². The summed E-state index contributed by atoms with van der Waals surface area (Å²) >= 11 is 0. The lowest BCUT2D eigenvalue weighted by atomic mass is 10.1. The second kappa shape index (κ2) is 5.31. The Labute approximate surface area is 104 Å². The Hall–Kier alpha value is -2.37. The average Bonchev–Trinajstić information content (AvgIpc) is 2.41. The predicted octanol–water partition coefficient (Wildman–Crippen LogP) is 1.45. The number of fused-ring (bicyclic) bond motifs is 1. The van der Waals surface area contributed by atoms with E-state index < -0.39 is 0 Å². The van der Waals surface area contributed by atoms with Crippen LogP contribution in [0.5, 0.6) is 5.88 Å².